The van der Waals surface area contributed by atoms with E-state index in [9.17, 15) is 22.4 Å². The van der Waals surface area contributed by atoms with Crippen molar-refractivity contribution in [2.75, 3.05) is 6.61 Å². The van der Waals surface area contributed by atoms with Crippen LogP contribution in [0.15, 0.2) is 35.6 Å². The van der Waals surface area contributed by atoms with Gasteiger partial charge in [0.25, 0.3) is 6.02 Å². The van der Waals surface area contributed by atoms with Crippen LogP contribution in [-0.2, 0) is 16.7 Å². The van der Waals surface area contributed by atoms with Gasteiger partial charge in [0.1, 0.15) is 11.5 Å². The van der Waals surface area contributed by atoms with Gasteiger partial charge in [-0.3, -0.25) is 4.79 Å². The van der Waals surface area contributed by atoms with Crippen molar-refractivity contribution in [2.45, 2.75) is 37.6 Å². The number of halogens is 4. The Kier molecular flexibility index (Phi) is 6.34. The second-order valence-corrected chi connectivity index (χ2v) is 7.22. The third-order valence-corrected chi connectivity index (χ3v) is 4.76. The summed E-state index contributed by atoms with van der Waals surface area (Å²) < 4.78 is 63.9. The number of nitrogens with two attached hydrogens (primary N) is 1. The van der Waals surface area contributed by atoms with E-state index in [0.29, 0.717) is 5.56 Å². The normalized spacial score (nSPS) is 20.6. The molecule has 0 aliphatic carbocycles. The molecule has 1 aromatic carbocycles. The highest BCUT2D eigenvalue weighted by molar-refractivity contribution is 5.95. The molecule has 0 unspecified atom stereocenters. The third-order valence-electron chi connectivity index (χ3n) is 4.76. The van der Waals surface area contributed by atoms with Crippen molar-refractivity contribution in [3.63, 3.8) is 0 Å². The van der Waals surface area contributed by atoms with Gasteiger partial charge in [-0.2, -0.15) is 13.2 Å². The van der Waals surface area contributed by atoms with Gasteiger partial charge in [0.05, 0.1) is 17.9 Å². The standard InChI is InChI=1S/C21H18F4N4O3/c1-3-6-31-18-11-27-15(10-28-18)16(30)8-12-4-5-14(22)13(7-12)20(2)9-17(21(23,24)25)32-19(26)29-20/h1,4-5,7,10-11,17H,6,8-9H2,2H3,(H2,26,29)/t17-,20-/m0/s1. The largest absolute Gasteiger partial charge is 0.463 e. The molecule has 2 atom stereocenters. The fourth-order valence-electron chi connectivity index (χ4n) is 3.24. The van der Waals surface area contributed by atoms with Gasteiger partial charge in [-0.05, 0) is 24.6 Å². The lowest BCUT2D eigenvalue weighted by molar-refractivity contribution is -0.208. The molecule has 0 bridgehead atoms. The fraction of sp³-hybridized carbons (Fsp3) is 0.333. The van der Waals surface area contributed by atoms with Crippen molar-refractivity contribution in [3.8, 4) is 18.2 Å². The average molecular weight is 450 g/mol. The van der Waals surface area contributed by atoms with E-state index >= 15 is 0 Å². The first-order chi connectivity index (χ1) is 15.0. The molecule has 11 heteroatoms. The second-order valence-electron chi connectivity index (χ2n) is 7.22. The van der Waals surface area contributed by atoms with Gasteiger partial charge in [0, 0.05) is 18.4 Å². The number of benzene rings is 1. The first-order valence-electron chi connectivity index (χ1n) is 9.31. The summed E-state index contributed by atoms with van der Waals surface area (Å²) in [5.74, 6) is 1.19. The third kappa shape index (κ3) is 5.14. The van der Waals surface area contributed by atoms with Crippen molar-refractivity contribution in [2.24, 2.45) is 10.7 Å². The van der Waals surface area contributed by atoms with Gasteiger partial charge in [-0.25, -0.2) is 19.4 Å². The number of nitrogens with zero attached hydrogens (tertiary/aromatic N) is 3. The highest BCUT2D eigenvalue weighted by Gasteiger charge is 2.50. The van der Waals surface area contributed by atoms with E-state index < -0.39 is 41.9 Å². The van der Waals surface area contributed by atoms with Crippen LogP contribution in [0, 0.1) is 18.2 Å². The summed E-state index contributed by atoms with van der Waals surface area (Å²) in [7, 11) is 0. The Bertz CT molecular complexity index is 1080. The number of hydrogen-bond donors (Lipinski definition) is 1. The highest BCUT2D eigenvalue weighted by atomic mass is 19.4. The maximum Gasteiger partial charge on any atom is 0.425 e. The van der Waals surface area contributed by atoms with E-state index in [-0.39, 0.29) is 30.2 Å². The zero-order valence-electron chi connectivity index (χ0n) is 16.8. The molecule has 0 saturated heterocycles. The average Bonchev–Trinajstić information content (AvgIpc) is 2.72. The van der Waals surface area contributed by atoms with Crippen LogP contribution in [0.1, 0.15) is 35.0 Å². The molecular formula is C21H18F4N4O3. The van der Waals surface area contributed by atoms with Crippen molar-refractivity contribution < 1.29 is 31.8 Å². The van der Waals surface area contributed by atoms with Crippen LogP contribution in [0.25, 0.3) is 0 Å². The number of alkyl halides is 3. The molecule has 3 rings (SSSR count). The van der Waals surface area contributed by atoms with Crippen molar-refractivity contribution in [1.82, 2.24) is 9.97 Å². The molecule has 32 heavy (non-hydrogen) atoms. The maximum atomic E-state index is 14.6. The first-order valence-corrected chi connectivity index (χ1v) is 9.31. The Morgan fingerprint density at radius 2 is 2.12 bits per heavy atom. The molecule has 0 radical (unpaired) electrons. The Morgan fingerprint density at radius 3 is 2.75 bits per heavy atom. The molecule has 0 saturated carbocycles. The number of carbonyl (C=O) groups excluding carboxylic acids is 1. The maximum absolute atomic E-state index is 14.6. The smallest absolute Gasteiger partial charge is 0.425 e. The monoisotopic (exact) mass is 450 g/mol. The molecule has 0 amide bonds. The number of Topliss-reactive ketones (excluding diaryl/α,β-unsaturated/α-hetero) is 1. The highest BCUT2D eigenvalue weighted by Crippen LogP contribution is 2.41. The molecule has 0 fully saturated rings. The van der Waals surface area contributed by atoms with Crippen LogP contribution >= 0.6 is 0 Å². The van der Waals surface area contributed by atoms with E-state index in [1.54, 1.807) is 0 Å². The van der Waals surface area contributed by atoms with Gasteiger partial charge >= 0.3 is 6.18 Å². The lowest BCUT2D eigenvalue weighted by Crippen LogP contribution is -2.46. The van der Waals surface area contributed by atoms with E-state index in [1.807, 2.05) is 0 Å². The minimum atomic E-state index is -4.71. The number of ketones is 1. The number of hydrogen-bond acceptors (Lipinski definition) is 7. The molecule has 1 aliphatic rings. The van der Waals surface area contributed by atoms with Crippen LogP contribution < -0.4 is 10.5 Å². The van der Waals surface area contributed by atoms with Crippen molar-refractivity contribution in [1.29, 1.82) is 0 Å². The minimum Gasteiger partial charge on any atom is -0.463 e. The fourth-order valence-corrected chi connectivity index (χ4v) is 3.24. The lowest BCUT2D eigenvalue weighted by atomic mass is 9.84. The predicted molar refractivity (Wildman–Crippen MR) is 105 cm³/mol. The molecular weight excluding hydrogens is 432 g/mol. The van der Waals surface area contributed by atoms with Crippen molar-refractivity contribution in [3.05, 3.63) is 53.2 Å². The Labute approximate surface area is 180 Å². The van der Waals surface area contributed by atoms with Crippen LogP contribution in [0.2, 0.25) is 0 Å². The zero-order chi connectivity index (χ0) is 23.5. The topological polar surface area (TPSA) is 99.7 Å². The summed E-state index contributed by atoms with van der Waals surface area (Å²) in [4.78, 5) is 24.3. The number of ether oxygens (including phenoxy) is 2. The SMILES string of the molecule is C#CCOc1cnc(C(=O)Cc2ccc(F)c([C@]3(C)C[C@@H](C(F)(F)F)OC(N)=N3)c2)cn1. The van der Waals surface area contributed by atoms with Crippen LogP contribution in [0.3, 0.4) is 0 Å². The molecule has 0 spiro atoms. The van der Waals surface area contributed by atoms with Crippen LogP contribution in [0.5, 0.6) is 5.88 Å². The first kappa shape index (κ1) is 23.0. The number of terminal acetylenes is 1. The molecule has 1 aliphatic heterocycles. The van der Waals surface area contributed by atoms with Gasteiger partial charge in [-0.1, -0.05) is 12.0 Å². The van der Waals surface area contributed by atoms with Gasteiger partial charge in [0.2, 0.25) is 5.88 Å². The summed E-state index contributed by atoms with van der Waals surface area (Å²) in [6.45, 7) is 1.32. The van der Waals surface area contributed by atoms with E-state index in [1.165, 1.54) is 31.5 Å². The molecule has 2 N–H and O–H groups in total. The summed E-state index contributed by atoms with van der Waals surface area (Å²) in [6.07, 6.45) is -0.286. The number of carbonyl (C=O) groups is 1. The molecule has 7 nitrogen and oxygen atoms in total. The minimum absolute atomic E-state index is 0.00761. The molecule has 1 aromatic heterocycles. The number of aromatic nitrogens is 2. The predicted octanol–water partition coefficient (Wildman–Crippen LogP) is 2.93. The Balaban J connectivity index is 1.83. The van der Waals surface area contributed by atoms with E-state index in [4.69, 9.17) is 16.9 Å². The summed E-state index contributed by atoms with van der Waals surface area (Å²) >= 11 is 0. The lowest BCUT2D eigenvalue weighted by Gasteiger charge is -2.36. The Morgan fingerprint density at radius 1 is 1.38 bits per heavy atom. The summed E-state index contributed by atoms with van der Waals surface area (Å²) in [5.41, 5.74) is 4.05. The van der Waals surface area contributed by atoms with Crippen LogP contribution in [0.4, 0.5) is 17.6 Å². The van der Waals surface area contributed by atoms with Crippen LogP contribution in [-0.4, -0.2) is 40.7 Å². The number of aliphatic imine (C=N–C) groups is 1. The van der Waals surface area contributed by atoms with E-state index in [0.717, 1.165) is 6.07 Å². The molecule has 2 heterocycles. The van der Waals surface area contributed by atoms with E-state index in [2.05, 4.69) is 25.6 Å². The van der Waals surface area contributed by atoms with Crippen molar-refractivity contribution >= 4 is 11.8 Å². The summed E-state index contributed by atoms with van der Waals surface area (Å²) in [5, 5.41) is 0. The zero-order valence-corrected chi connectivity index (χ0v) is 16.8. The Hall–Kier alpha value is -3.68. The molecule has 2 aromatic rings. The second kappa shape index (κ2) is 8.82. The van der Waals surface area contributed by atoms with Gasteiger partial charge in [0.15, 0.2) is 18.5 Å². The van der Waals surface area contributed by atoms with Gasteiger partial charge < -0.3 is 15.2 Å². The quantitative estimate of drug-likeness (QED) is 0.413. The van der Waals surface area contributed by atoms with Gasteiger partial charge in [-0.15, -0.1) is 6.42 Å². The molecule has 168 valence electrons. The number of rotatable bonds is 6. The summed E-state index contributed by atoms with van der Waals surface area (Å²) in [6, 6.07) is 3.02. The number of amidine groups is 1.